The van der Waals surface area contributed by atoms with Crippen LogP contribution in [0, 0.1) is 23.1 Å². The zero-order valence-corrected chi connectivity index (χ0v) is 30.1. The predicted molar refractivity (Wildman–Crippen MR) is 197 cm³/mol. The van der Waals surface area contributed by atoms with E-state index < -0.39 is 11.1 Å². The van der Waals surface area contributed by atoms with E-state index in [1.807, 2.05) is 18.2 Å². The fraction of sp³-hybridized carbons (Fsp3) is 0.205. The van der Waals surface area contributed by atoms with Gasteiger partial charge in [-0.1, -0.05) is 17.9 Å². The topological polar surface area (TPSA) is 182 Å². The normalized spacial score (nSPS) is 21.7. The standard InChI is InChI=1S/C25H19FN4O3.C14H10BrN3O3/c1-24(12-31-13-24)6-4-15-8-19-22(29-10-15)33-21-3-2-16(17-11-28-7-5-20(17)26)9-18(21)25(19)14-32-23(27)30-25;15-7-3-10-12(17-5-7)21-11-2-1-8(19)4-9(11)14(10)6-20-13(16)18-14/h2-3,5,7-11H,12-14H2,1H3,(H2,27,30);1-5,19H,6H2,(H2,16,18)/t25-;14-/m00/s1. The Bertz CT molecular complexity index is 2460. The van der Waals surface area contributed by atoms with Crippen LogP contribution in [-0.4, -0.2) is 58.5 Å². The molecule has 0 aliphatic carbocycles. The van der Waals surface area contributed by atoms with Gasteiger partial charge in [-0.05, 0) is 76.9 Å². The maximum absolute atomic E-state index is 14.5. The van der Waals surface area contributed by atoms with Gasteiger partial charge in [-0.15, -0.1) is 0 Å². The number of benzene rings is 2. The second-order valence-corrected chi connectivity index (χ2v) is 14.5. The van der Waals surface area contributed by atoms with Gasteiger partial charge in [0.1, 0.15) is 36.3 Å². The number of aliphatic imine (C=N–C) groups is 2. The van der Waals surface area contributed by atoms with Crippen molar-refractivity contribution in [1.82, 2.24) is 15.0 Å². The summed E-state index contributed by atoms with van der Waals surface area (Å²) in [7, 11) is 0. The van der Waals surface area contributed by atoms with Crippen molar-refractivity contribution in [3.05, 3.63) is 117 Å². The quantitative estimate of drug-likeness (QED) is 0.180. The van der Waals surface area contributed by atoms with E-state index >= 15 is 0 Å². The van der Waals surface area contributed by atoms with Gasteiger partial charge >= 0.3 is 0 Å². The Labute approximate surface area is 316 Å². The van der Waals surface area contributed by atoms with Crippen LogP contribution in [-0.2, 0) is 25.3 Å². The SMILES string of the molecule is CC1(C#Cc2cnc3c(c2)[C@]2(COC(N)=N2)c2cc(-c4cnccc4F)ccc2O3)COC1.NC1=N[C@@]2(CO1)c1cc(O)ccc1Oc1ncc(Br)cc12. The van der Waals surface area contributed by atoms with Crippen LogP contribution in [0.5, 0.6) is 29.0 Å². The molecule has 2 aromatic carbocycles. The van der Waals surface area contributed by atoms with Crippen molar-refractivity contribution >= 4 is 28.0 Å². The highest BCUT2D eigenvalue weighted by atomic mass is 79.9. The zero-order chi connectivity index (χ0) is 37.2. The van der Waals surface area contributed by atoms with Crippen LogP contribution in [0.25, 0.3) is 11.1 Å². The number of pyridine rings is 3. The Morgan fingerprint density at radius 1 is 0.778 bits per heavy atom. The number of nitrogens with zero attached hydrogens (tertiary/aromatic N) is 5. The van der Waals surface area contributed by atoms with E-state index in [1.165, 1.54) is 18.5 Å². The van der Waals surface area contributed by atoms with Gasteiger partial charge in [0.15, 0.2) is 11.1 Å². The molecule has 2 atom stereocenters. The maximum Gasteiger partial charge on any atom is 0.283 e. The summed E-state index contributed by atoms with van der Waals surface area (Å²) in [5.74, 6) is 8.23. The van der Waals surface area contributed by atoms with E-state index in [-0.39, 0.29) is 42.2 Å². The molecule has 1 saturated heterocycles. The molecule has 270 valence electrons. The molecule has 0 amide bonds. The first-order valence-electron chi connectivity index (χ1n) is 16.7. The molecule has 1 fully saturated rings. The molecule has 5 N–H and O–H groups in total. The fourth-order valence-electron chi connectivity index (χ4n) is 6.95. The van der Waals surface area contributed by atoms with Gasteiger partial charge in [-0.25, -0.2) is 24.3 Å². The number of fused-ring (bicyclic) bond motifs is 8. The second-order valence-electron chi connectivity index (χ2n) is 13.5. The van der Waals surface area contributed by atoms with Crippen LogP contribution in [0.1, 0.15) is 34.7 Å². The molecular weight excluding hydrogens is 761 g/mol. The van der Waals surface area contributed by atoms with Crippen LogP contribution in [0.2, 0.25) is 0 Å². The average molecular weight is 791 g/mol. The monoisotopic (exact) mass is 789 g/mol. The smallest absolute Gasteiger partial charge is 0.283 e. The summed E-state index contributed by atoms with van der Waals surface area (Å²) in [5.41, 5.74) is 14.3. The summed E-state index contributed by atoms with van der Waals surface area (Å²) in [6.07, 6.45) is 6.24. The Balaban J connectivity index is 0.000000157. The molecule has 0 unspecified atom stereocenters. The van der Waals surface area contributed by atoms with Crippen molar-refractivity contribution in [3.8, 4) is 52.0 Å². The Kier molecular flexibility index (Phi) is 7.73. The molecule has 0 radical (unpaired) electrons. The van der Waals surface area contributed by atoms with E-state index in [4.69, 9.17) is 35.2 Å². The highest BCUT2D eigenvalue weighted by Crippen LogP contribution is 2.52. The van der Waals surface area contributed by atoms with Gasteiger partial charge in [0.2, 0.25) is 11.8 Å². The summed E-state index contributed by atoms with van der Waals surface area (Å²) in [6.45, 7) is 3.70. The Hall–Kier alpha value is -6.24. The predicted octanol–water partition coefficient (Wildman–Crippen LogP) is 5.61. The van der Waals surface area contributed by atoms with Crippen molar-refractivity contribution in [2.45, 2.75) is 18.0 Å². The van der Waals surface area contributed by atoms with Crippen LogP contribution in [0.4, 0.5) is 4.39 Å². The molecule has 15 heteroatoms. The Morgan fingerprint density at radius 3 is 2.06 bits per heavy atom. The molecule has 54 heavy (non-hydrogen) atoms. The van der Waals surface area contributed by atoms with Gasteiger partial charge in [0.05, 0.1) is 29.8 Å². The van der Waals surface area contributed by atoms with Gasteiger partial charge in [0, 0.05) is 51.5 Å². The number of phenolic OH excluding ortho intramolecular Hbond substituents is 1. The lowest BCUT2D eigenvalue weighted by atomic mass is 9.81. The summed E-state index contributed by atoms with van der Waals surface area (Å²) in [5, 5.41) is 9.80. The van der Waals surface area contributed by atoms with Crippen molar-refractivity contribution < 1.29 is 33.2 Å². The summed E-state index contributed by atoms with van der Waals surface area (Å²) in [4.78, 5) is 22.0. The number of phenols is 1. The largest absolute Gasteiger partial charge is 0.508 e. The first kappa shape index (κ1) is 33.6. The van der Waals surface area contributed by atoms with Crippen LogP contribution < -0.4 is 20.9 Å². The minimum Gasteiger partial charge on any atom is -0.508 e. The number of hydrogen-bond acceptors (Lipinski definition) is 13. The number of amidine groups is 2. The first-order chi connectivity index (χ1) is 26.0. The molecular formula is C39H29BrFN7O6. The van der Waals surface area contributed by atoms with E-state index in [1.54, 1.807) is 42.7 Å². The molecule has 3 aromatic heterocycles. The first-order valence-corrected chi connectivity index (χ1v) is 17.5. The van der Waals surface area contributed by atoms with Crippen LogP contribution >= 0.6 is 15.9 Å². The molecule has 13 nitrogen and oxygen atoms in total. The Morgan fingerprint density at radius 2 is 1.43 bits per heavy atom. The van der Waals surface area contributed by atoms with Crippen molar-refractivity contribution in [2.24, 2.45) is 26.9 Å². The highest BCUT2D eigenvalue weighted by molar-refractivity contribution is 9.10. The zero-order valence-electron chi connectivity index (χ0n) is 28.5. The van der Waals surface area contributed by atoms with Crippen molar-refractivity contribution in [2.75, 3.05) is 26.4 Å². The van der Waals surface area contributed by atoms with E-state index in [2.05, 4.69) is 59.6 Å². The average Bonchev–Trinajstić information content (AvgIpc) is 3.75. The molecule has 10 rings (SSSR count). The minimum atomic E-state index is -0.976. The molecule has 5 aromatic rings. The highest BCUT2D eigenvalue weighted by Gasteiger charge is 2.49. The van der Waals surface area contributed by atoms with Gasteiger partial charge < -0.3 is 40.3 Å². The van der Waals surface area contributed by atoms with Gasteiger partial charge in [0.25, 0.3) is 12.0 Å². The minimum absolute atomic E-state index is 0.0716. The van der Waals surface area contributed by atoms with Crippen LogP contribution in [0.15, 0.2) is 93.8 Å². The number of rotatable bonds is 1. The van der Waals surface area contributed by atoms with Crippen molar-refractivity contribution in [3.63, 3.8) is 0 Å². The molecule has 2 spiro atoms. The number of aromatic hydroxyl groups is 1. The third kappa shape index (κ3) is 5.53. The van der Waals surface area contributed by atoms with E-state index in [0.29, 0.717) is 64.3 Å². The fourth-order valence-corrected chi connectivity index (χ4v) is 7.28. The van der Waals surface area contributed by atoms with Crippen LogP contribution in [0.3, 0.4) is 0 Å². The molecule has 0 saturated carbocycles. The third-order valence-electron chi connectivity index (χ3n) is 9.70. The lowest BCUT2D eigenvalue weighted by molar-refractivity contribution is -0.0648. The lowest BCUT2D eigenvalue weighted by Gasteiger charge is -2.33. The summed E-state index contributed by atoms with van der Waals surface area (Å²) in [6, 6.07) is 15.5. The number of ether oxygens (including phenoxy) is 5. The van der Waals surface area contributed by atoms with Gasteiger partial charge in [-0.2, -0.15) is 0 Å². The lowest BCUT2D eigenvalue weighted by Crippen LogP contribution is -2.38. The number of nitrogens with two attached hydrogens (primary N) is 2. The summed E-state index contributed by atoms with van der Waals surface area (Å²) < 4.78 is 43.5. The molecule has 5 aliphatic rings. The molecule has 5 aliphatic heterocycles. The second kappa shape index (κ2) is 12.4. The molecule has 8 heterocycles. The van der Waals surface area contributed by atoms with E-state index in [0.717, 1.165) is 15.6 Å². The number of hydrogen-bond donors (Lipinski definition) is 3. The summed E-state index contributed by atoms with van der Waals surface area (Å²) >= 11 is 3.40. The van der Waals surface area contributed by atoms with E-state index in [9.17, 15) is 9.50 Å². The number of halogens is 2. The third-order valence-corrected chi connectivity index (χ3v) is 10.1. The maximum atomic E-state index is 14.5. The van der Waals surface area contributed by atoms with Gasteiger partial charge in [-0.3, -0.25) is 4.98 Å². The van der Waals surface area contributed by atoms with Crippen molar-refractivity contribution in [1.29, 1.82) is 0 Å². The number of aromatic nitrogens is 3. The molecule has 0 bridgehead atoms.